The van der Waals surface area contributed by atoms with Crippen molar-refractivity contribution in [3.05, 3.63) is 33.3 Å². The molecule has 0 saturated heterocycles. The van der Waals surface area contributed by atoms with Crippen molar-refractivity contribution in [3.8, 4) is 0 Å². The Morgan fingerprint density at radius 3 is 2.76 bits per heavy atom. The molecular weight excluding hydrogens is 305 g/mol. The average Bonchev–Trinajstić information content (AvgIpc) is 2.32. The zero-order chi connectivity index (χ0) is 12.7. The third kappa shape index (κ3) is 5.06. The Morgan fingerprint density at radius 2 is 2.12 bits per heavy atom. The molecule has 2 N–H and O–H groups in total. The standard InChI is InChI=1S/C12H15BrClNO2/c13-10-8-9(4-5-11(10)14)12(17)15-6-2-1-3-7-16/h4-5,8,16H,1-3,6-7H2,(H,15,17). The van der Waals surface area contributed by atoms with Crippen LogP contribution in [0.4, 0.5) is 0 Å². The van der Waals surface area contributed by atoms with Crippen molar-refractivity contribution >= 4 is 33.4 Å². The number of rotatable bonds is 6. The summed E-state index contributed by atoms with van der Waals surface area (Å²) < 4.78 is 0.715. The van der Waals surface area contributed by atoms with Gasteiger partial charge in [0.15, 0.2) is 0 Å². The number of hydrogen-bond acceptors (Lipinski definition) is 2. The van der Waals surface area contributed by atoms with Crippen molar-refractivity contribution in [1.29, 1.82) is 0 Å². The molecule has 0 aromatic heterocycles. The fourth-order valence-electron chi connectivity index (χ4n) is 1.35. The van der Waals surface area contributed by atoms with E-state index < -0.39 is 0 Å². The van der Waals surface area contributed by atoms with Crippen molar-refractivity contribution in [1.82, 2.24) is 5.32 Å². The minimum atomic E-state index is -0.105. The van der Waals surface area contributed by atoms with Gasteiger partial charge in [-0.15, -0.1) is 0 Å². The van der Waals surface area contributed by atoms with Crippen LogP contribution in [0.2, 0.25) is 5.02 Å². The van der Waals surface area contributed by atoms with Crippen LogP contribution in [0.25, 0.3) is 0 Å². The third-order valence-electron chi connectivity index (χ3n) is 2.30. The molecule has 0 saturated carbocycles. The van der Waals surface area contributed by atoms with Gasteiger partial charge in [-0.05, 0) is 53.4 Å². The third-order valence-corrected chi connectivity index (χ3v) is 3.52. The van der Waals surface area contributed by atoms with Crippen molar-refractivity contribution < 1.29 is 9.90 Å². The fourth-order valence-corrected chi connectivity index (χ4v) is 1.85. The molecule has 1 rings (SSSR count). The number of halogens is 2. The SMILES string of the molecule is O=C(NCCCCCO)c1ccc(Cl)c(Br)c1. The molecule has 0 heterocycles. The van der Waals surface area contributed by atoms with Crippen LogP contribution in [-0.4, -0.2) is 24.2 Å². The first-order chi connectivity index (χ1) is 8.15. The van der Waals surface area contributed by atoms with Crippen molar-refractivity contribution in [2.45, 2.75) is 19.3 Å². The lowest BCUT2D eigenvalue weighted by molar-refractivity contribution is 0.0953. The summed E-state index contributed by atoms with van der Waals surface area (Å²) in [4.78, 5) is 11.7. The Hall–Kier alpha value is -0.580. The van der Waals surface area contributed by atoms with Crippen molar-refractivity contribution in [2.24, 2.45) is 0 Å². The molecule has 3 nitrogen and oxygen atoms in total. The average molecular weight is 321 g/mol. The molecule has 1 aromatic carbocycles. The number of benzene rings is 1. The maximum Gasteiger partial charge on any atom is 0.251 e. The summed E-state index contributed by atoms with van der Waals surface area (Å²) in [5.41, 5.74) is 0.587. The largest absolute Gasteiger partial charge is 0.396 e. The predicted molar refractivity (Wildman–Crippen MR) is 72.4 cm³/mol. The zero-order valence-corrected chi connectivity index (χ0v) is 11.7. The van der Waals surface area contributed by atoms with E-state index in [9.17, 15) is 4.79 Å². The summed E-state index contributed by atoms with van der Waals surface area (Å²) in [7, 11) is 0. The highest BCUT2D eigenvalue weighted by Gasteiger charge is 2.06. The van der Waals surface area contributed by atoms with Crippen molar-refractivity contribution in [2.75, 3.05) is 13.2 Å². The minimum absolute atomic E-state index is 0.105. The molecule has 1 aromatic rings. The second-order valence-corrected chi connectivity index (χ2v) is 4.93. The van der Waals surface area contributed by atoms with E-state index in [-0.39, 0.29) is 12.5 Å². The number of hydrogen-bond donors (Lipinski definition) is 2. The lowest BCUT2D eigenvalue weighted by Crippen LogP contribution is -2.24. The molecule has 0 atom stereocenters. The maximum absolute atomic E-state index is 11.7. The molecule has 5 heteroatoms. The molecule has 1 amide bonds. The summed E-state index contributed by atoms with van der Waals surface area (Å²) in [5.74, 6) is -0.105. The van der Waals surface area contributed by atoms with Crippen LogP contribution in [-0.2, 0) is 0 Å². The van der Waals surface area contributed by atoms with E-state index in [2.05, 4.69) is 21.2 Å². The van der Waals surface area contributed by atoms with Crippen LogP contribution >= 0.6 is 27.5 Å². The van der Waals surface area contributed by atoms with E-state index in [0.717, 1.165) is 19.3 Å². The van der Waals surface area contributed by atoms with Crippen LogP contribution in [0.5, 0.6) is 0 Å². The van der Waals surface area contributed by atoms with Gasteiger partial charge in [-0.25, -0.2) is 0 Å². The predicted octanol–water partition coefficient (Wildman–Crippen LogP) is 2.99. The molecule has 94 valence electrons. The molecule has 17 heavy (non-hydrogen) atoms. The number of carbonyl (C=O) groups is 1. The van der Waals surface area contributed by atoms with E-state index in [1.807, 2.05) is 0 Å². The monoisotopic (exact) mass is 319 g/mol. The van der Waals surface area contributed by atoms with E-state index in [0.29, 0.717) is 21.6 Å². The molecule has 0 fully saturated rings. The number of aliphatic hydroxyl groups is 1. The summed E-state index contributed by atoms with van der Waals surface area (Å²) in [6, 6.07) is 5.08. The minimum Gasteiger partial charge on any atom is -0.396 e. The number of aliphatic hydroxyl groups excluding tert-OH is 1. The van der Waals surface area contributed by atoms with Gasteiger partial charge in [0, 0.05) is 23.2 Å². The first-order valence-electron chi connectivity index (χ1n) is 5.49. The summed E-state index contributed by atoms with van der Waals surface area (Å²) in [5, 5.41) is 12.0. The second-order valence-electron chi connectivity index (χ2n) is 3.67. The summed E-state index contributed by atoms with van der Waals surface area (Å²) >= 11 is 9.12. The molecule has 0 aliphatic heterocycles. The topological polar surface area (TPSA) is 49.3 Å². The number of carbonyl (C=O) groups excluding carboxylic acids is 1. The van der Waals surface area contributed by atoms with Crippen LogP contribution in [0, 0.1) is 0 Å². The Bertz CT molecular complexity index is 385. The molecule has 0 bridgehead atoms. The van der Waals surface area contributed by atoms with Gasteiger partial charge in [-0.1, -0.05) is 11.6 Å². The van der Waals surface area contributed by atoms with Gasteiger partial charge < -0.3 is 10.4 Å². The number of nitrogens with one attached hydrogen (secondary N) is 1. The molecule has 0 aliphatic rings. The van der Waals surface area contributed by atoms with Gasteiger partial charge in [-0.3, -0.25) is 4.79 Å². The lowest BCUT2D eigenvalue weighted by Gasteiger charge is -2.05. The Morgan fingerprint density at radius 1 is 1.35 bits per heavy atom. The van der Waals surface area contributed by atoms with Gasteiger partial charge in [0.05, 0.1) is 5.02 Å². The number of amides is 1. The number of unbranched alkanes of at least 4 members (excludes halogenated alkanes) is 2. The maximum atomic E-state index is 11.7. The quantitative estimate of drug-likeness (QED) is 0.792. The first kappa shape index (κ1) is 14.5. The summed E-state index contributed by atoms with van der Waals surface area (Å²) in [6.07, 6.45) is 2.57. The molecule has 0 aliphatic carbocycles. The van der Waals surface area contributed by atoms with Crippen LogP contribution in [0.3, 0.4) is 0 Å². The van der Waals surface area contributed by atoms with Crippen molar-refractivity contribution in [3.63, 3.8) is 0 Å². The van der Waals surface area contributed by atoms with Gasteiger partial charge in [-0.2, -0.15) is 0 Å². The fraction of sp³-hybridized carbons (Fsp3) is 0.417. The van der Waals surface area contributed by atoms with Gasteiger partial charge in [0.2, 0.25) is 0 Å². The van der Waals surface area contributed by atoms with E-state index >= 15 is 0 Å². The van der Waals surface area contributed by atoms with Crippen LogP contribution in [0.15, 0.2) is 22.7 Å². The Labute approximate surface area is 114 Å². The normalized spacial score (nSPS) is 10.3. The molecular formula is C12H15BrClNO2. The molecule has 0 unspecified atom stereocenters. The lowest BCUT2D eigenvalue weighted by atomic mass is 10.2. The Kier molecular flexibility index (Phi) is 6.55. The Balaban J connectivity index is 2.39. The first-order valence-corrected chi connectivity index (χ1v) is 6.66. The smallest absolute Gasteiger partial charge is 0.251 e. The van der Waals surface area contributed by atoms with Gasteiger partial charge >= 0.3 is 0 Å². The van der Waals surface area contributed by atoms with Crippen LogP contribution in [0.1, 0.15) is 29.6 Å². The molecule has 0 spiro atoms. The van der Waals surface area contributed by atoms with E-state index in [1.165, 1.54) is 0 Å². The highest BCUT2D eigenvalue weighted by Crippen LogP contribution is 2.23. The highest BCUT2D eigenvalue weighted by atomic mass is 79.9. The van der Waals surface area contributed by atoms with Gasteiger partial charge in [0.1, 0.15) is 0 Å². The highest BCUT2D eigenvalue weighted by molar-refractivity contribution is 9.10. The van der Waals surface area contributed by atoms with Crippen LogP contribution < -0.4 is 5.32 Å². The van der Waals surface area contributed by atoms with E-state index in [1.54, 1.807) is 18.2 Å². The molecule has 0 radical (unpaired) electrons. The zero-order valence-electron chi connectivity index (χ0n) is 9.38. The second kappa shape index (κ2) is 7.69. The van der Waals surface area contributed by atoms with E-state index in [4.69, 9.17) is 16.7 Å². The summed E-state index contributed by atoms with van der Waals surface area (Å²) in [6.45, 7) is 0.831. The van der Waals surface area contributed by atoms with Gasteiger partial charge in [0.25, 0.3) is 5.91 Å².